The Hall–Kier alpha value is -0.350. The first-order chi connectivity index (χ1) is 8.69. The summed E-state index contributed by atoms with van der Waals surface area (Å²) in [5.41, 5.74) is 1.00. The van der Waals surface area contributed by atoms with Gasteiger partial charge in [0.1, 0.15) is 5.82 Å². The van der Waals surface area contributed by atoms with Crippen molar-refractivity contribution in [2.75, 3.05) is 26.7 Å². The van der Waals surface area contributed by atoms with Gasteiger partial charge in [-0.25, -0.2) is 4.39 Å². The first kappa shape index (κ1) is 16.7. The van der Waals surface area contributed by atoms with Gasteiger partial charge in [0, 0.05) is 6.54 Å². The van der Waals surface area contributed by atoms with E-state index in [4.69, 9.17) is 11.6 Å². The molecule has 0 saturated carbocycles. The predicted molar refractivity (Wildman–Crippen MR) is 80.6 cm³/mol. The Morgan fingerprint density at radius 1 is 1.37 bits per heavy atom. The molecule has 1 aliphatic heterocycles. The molecule has 0 radical (unpaired) electrons. The van der Waals surface area contributed by atoms with Crippen molar-refractivity contribution >= 4 is 24.0 Å². The monoisotopic (exact) mass is 306 g/mol. The highest BCUT2D eigenvalue weighted by atomic mass is 35.5. The number of benzene rings is 1. The number of likely N-dealkylation sites (tertiary alicyclic amines) is 1. The largest absolute Gasteiger partial charge is 0.319 e. The van der Waals surface area contributed by atoms with Crippen molar-refractivity contribution in [1.82, 2.24) is 10.2 Å². The molecule has 2 nitrogen and oxygen atoms in total. The molecule has 2 rings (SSSR count). The molecule has 1 saturated heterocycles. The van der Waals surface area contributed by atoms with Crippen molar-refractivity contribution in [3.63, 3.8) is 0 Å². The molecule has 19 heavy (non-hydrogen) atoms. The van der Waals surface area contributed by atoms with Crippen LogP contribution in [0.4, 0.5) is 4.39 Å². The predicted octanol–water partition coefficient (Wildman–Crippen LogP) is 3.33. The van der Waals surface area contributed by atoms with Gasteiger partial charge < -0.3 is 5.32 Å². The molecule has 1 N–H and O–H groups in total. The summed E-state index contributed by atoms with van der Waals surface area (Å²) in [6.07, 6.45) is 2.44. The van der Waals surface area contributed by atoms with Gasteiger partial charge in [0.25, 0.3) is 0 Å². The summed E-state index contributed by atoms with van der Waals surface area (Å²) in [5, 5.41) is 3.43. The Kier molecular flexibility index (Phi) is 7.08. The van der Waals surface area contributed by atoms with Crippen LogP contribution in [0.5, 0.6) is 0 Å². The van der Waals surface area contributed by atoms with E-state index in [1.807, 2.05) is 13.1 Å². The number of nitrogens with zero attached hydrogens (tertiary/aromatic N) is 1. The standard InChI is InChI=1S/C14H20ClFN2.ClH/c1-17-9-11-4-6-18(7-5-11)10-12-2-3-13(15)14(16)8-12;/h2-3,8,11,17H,4-7,9-10H2,1H3;1H. The van der Waals surface area contributed by atoms with Crippen LogP contribution in [0.1, 0.15) is 18.4 Å². The summed E-state index contributed by atoms with van der Waals surface area (Å²) < 4.78 is 13.3. The lowest BCUT2D eigenvalue weighted by Gasteiger charge is -2.31. The molecule has 1 aromatic carbocycles. The van der Waals surface area contributed by atoms with Crippen molar-refractivity contribution in [2.45, 2.75) is 19.4 Å². The fourth-order valence-electron chi connectivity index (χ4n) is 2.53. The molecule has 1 fully saturated rings. The number of rotatable bonds is 4. The van der Waals surface area contributed by atoms with Gasteiger partial charge in [-0.05, 0) is 63.1 Å². The number of nitrogens with one attached hydrogen (secondary N) is 1. The SMILES string of the molecule is CNCC1CCN(Cc2ccc(Cl)c(F)c2)CC1.Cl. The molecule has 0 bridgehead atoms. The Morgan fingerprint density at radius 3 is 2.63 bits per heavy atom. The van der Waals surface area contributed by atoms with E-state index in [0.717, 1.165) is 37.7 Å². The van der Waals surface area contributed by atoms with Crippen LogP contribution in [0.2, 0.25) is 5.02 Å². The highest BCUT2D eigenvalue weighted by molar-refractivity contribution is 6.30. The van der Waals surface area contributed by atoms with Gasteiger partial charge in [-0.1, -0.05) is 17.7 Å². The molecule has 0 unspecified atom stereocenters. The second kappa shape index (κ2) is 8.05. The van der Waals surface area contributed by atoms with E-state index >= 15 is 0 Å². The van der Waals surface area contributed by atoms with Gasteiger partial charge in [0.05, 0.1) is 5.02 Å². The van der Waals surface area contributed by atoms with Crippen molar-refractivity contribution in [3.05, 3.63) is 34.6 Å². The van der Waals surface area contributed by atoms with Crippen molar-refractivity contribution in [2.24, 2.45) is 5.92 Å². The normalized spacial score (nSPS) is 17.2. The number of halogens is 3. The van der Waals surface area contributed by atoms with Crippen LogP contribution in [0, 0.1) is 11.7 Å². The van der Waals surface area contributed by atoms with E-state index in [0.29, 0.717) is 0 Å². The highest BCUT2D eigenvalue weighted by Gasteiger charge is 2.18. The van der Waals surface area contributed by atoms with Crippen molar-refractivity contribution in [1.29, 1.82) is 0 Å². The van der Waals surface area contributed by atoms with Crippen LogP contribution in [0.15, 0.2) is 18.2 Å². The lowest BCUT2D eigenvalue weighted by Crippen LogP contribution is -2.36. The molecule has 1 heterocycles. The van der Waals surface area contributed by atoms with Gasteiger partial charge >= 0.3 is 0 Å². The fraction of sp³-hybridized carbons (Fsp3) is 0.571. The summed E-state index contributed by atoms with van der Waals surface area (Å²) in [5.74, 6) is 0.465. The van der Waals surface area contributed by atoms with Crippen LogP contribution in [0.3, 0.4) is 0 Å². The number of hydrogen-bond donors (Lipinski definition) is 1. The van der Waals surface area contributed by atoms with Gasteiger partial charge in [-0.2, -0.15) is 0 Å². The van der Waals surface area contributed by atoms with Crippen molar-refractivity contribution in [3.8, 4) is 0 Å². The Balaban J connectivity index is 0.00000180. The smallest absolute Gasteiger partial charge is 0.142 e. The third-order valence-corrected chi connectivity index (χ3v) is 3.90. The number of piperidine rings is 1. The minimum Gasteiger partial charge on any atom is -0.319 e. The van der Waals surface area contributed by atoms with E-state index in [1.165, 1.54) is 12.8 Å². The third kappa shape index (κ3) is 4.92. The first-order valence-electron chi connectivity index (χ1n) is 6.50. The van der Waals surface area contributed by atoms with Crippen molar-refractivity contribution < 1.29 is 4.39 Å². The average Bonchev–Trinajstić information content (AvgIpc) is 2.37. The molecule has 1 aromatic rings. The van der Waals surface area contributed by atoms with Crippen LogP contribution in [0.25, 0.3) is 0 Å². The fourth-order valence-corrected chi connectivity index (χ4v) is 2.65. The van der Waals surface area contributed by atoms with Gasteiger partial charge in [-0.3, -0.25) is 4.90 Å². The average molecular weight is 307 g/mol. The first-order valence-corrected chi connectivity index (χ1v) is 6.87. The van der Waals surface area contributed by atoms with E-state index < -0.39 is 0 Å². The van der Waals surface area contributed by atoms with Crippen LogP contribution < -0.4 is 5.32 Å². The van der Waals surface area contributed by atoms with E-state index in [2.05, 4.69) is 10.2 Å². The van der Waals surface area contributed by atoms with Gasteiger partial charge in [0.2, 0.25) is 0 Å². The van der Waals surface area contributed by atoms with E-state index in [-0.39, 0.29) is 23.2 Å². The maximum atomic E-state index is 13.3. The molecule has 1 aliphatic rings. The summed E-state index contributed by atoms with van der Waals surface area (Å²) in [6.45, 7) is 4.11. The van der Waals surface area contributed by atoms with Gasteiger partial charge in [0.15, 0.2) is 0 Å². The lowest BCUT2D eigenvalue weighted by molar-refractivity contribution is 0.176. The molecule has 0 spiro atoms. The van der Waals surface area contributed by atoms with E-state index in [1.54, 1.807) is 12.1 Å². The summed E-state index contributed by atoms with van der Waals surface area (Å²) >= 11 is 5.68. The van der Waals surface area contributed by atoms with Crippen LogP contribution >= 0.6 is 24.0 Å². The maximum Gasteiger partial charge on any atom is 0.142 e. The summed E-state index contributed by atoms with van der Waals surface area (Å²) in [7, 11) is 2.00. The molecule has 0 amide bonds. The molecule has 5 heteroatoms. The Bertz CT molecular complexity index is 393. The topological polar surface area (TPSA) is 15.3 Å². The second-order valence-electron chi connectivity index (χ2n) is 5.03. The summed E-state index contributed by atoms with van der Waals surface area (Å²) in [4.78, 5) is 2.38. The summed E-state index contributed by atoms with van der Waals surface area (Å²) in [6, 6.07) is 5.09. The lowest BCUT2D eigenvalue weighted by atomic mass is 9.96. The zero-order valence-electron chi connectivity index (χ0n) is 11.2. The molecule has 0 aromatic heterocycles. The maximum absolute atomic E-state index is 13.3. The zero-order valence-corrected chi connectivity index (χ0v) is 12.7. The molecule has 108 valence electrons. The van der Waals surface area contributed by atoms with Gasteiger partial charge in [-0.15, -0.1) is 12.4 Å². The third-order valence-electron chi connectivity index (χ3n) is 3.59. The number of hydrogen-bond acceptors (Lipinski definition) is 2. The molecule has 0 aliphatic carbocycles. The van der Waals surface area contributed by atoms with E-state index in [9.17, 15) is 4.39 Å². The molecular weight excluding hydrogens is 286 g/mol. The molecule has 0 atom stereocenters. The van der Waals surface area contributed by atoms with Crippen LogP contribution in [-0.2, 0) is 6.54 Å². The zero-order chi connectivity index (χ0) is 13.0. The Morgan fingerprint density at radius 2 is 2.05 bits per heavy atom. The molecular formula is C14H21Cl2FN2. The second-order valence-corrected chi connectivity index (χ2v) is 5.43. The van der Waals surface area contributed by atoms with Crippen LogP contribution in [-0.4, -0.2) is 31.6 Å². The minimum absolute atomic E-state index is 0. The Labute approximate surface area is 125 Å². The highest BCUT2D eigenvalue weighted by Crippen LogP contribution is 2.20. The quantitative estimate of drug-likeness (QED) is 0.918. The minimum atomic E-state index is -0.320.